The minimum absolute atomic E-state index is 1.29. The van der Waals surface area contributed by atoms with Crippen LogP contribution in [0.15, 0.2) is 30.3 Å². The minimum atomic E-state index is 1.29. The lowest BCUT2D eigenvalue weighted by Crippen LogP contribution is -2.10. The fraction of sp³-hybridized carbons (Fsp3) is 0.333. The van der Waals surface area contributed by atoms with Gasteiger partial charge in [-0.05, 0) is 61.6 Å². The number of aryl methyl sites for hydroxylation is 3. The summed E-state index contributed by atoms with van der Waals surface area (Å²) >= 11 is 0. The second-order valence-corrected chi connectivity index (χ2v) is 5.62. The number of nitrogens with zero attached hydrogens (tertiary/aromatic N) is 1. The van der Waals surface area contributed by atoms with Crippen LogP contribution >= 0.6 is 0 Å². The second-order valence-electron chi connectivity index (χ2n) is 5.62. The summed E-state index contributed by atoms with van der Waals surface area (Å²) in [5.41, 5.74) is 9.42. The van der Waals surface area contributed by atoms with Crippen LogP contribution in [0.3, 0.4) is 0 Å². The Labute approximate surface area is 116 Å². The summed E-state index contributed by atoms with van der Waals surface area (Å²) in [5, 5.41) is 0. The van der Waals surface area contributed by atoms with Gasteiger partial charge in [0.2, 0.25) is 0 Å². The maximum absolute atomic E-state index is 2.27. The van der Waals surface area contributed by atoms with Gasteiger partial charge in [0.1, 0.15) is 0 Å². The molecule has 2 aromatic rings. The fourth-order valence-electron chi connectivity index (χ4n) is 2.98. The molecule has 0 aliphatic heterocycles. The van der Waals surface area contributed by atoms with E-state index in [0.717, 1.165) is 0 Å². The van der Waals surface area contributed by atoms with Crippen molar-refractivity contribution in [2.75, 3.05) is 19.0 Å². The number of hydrogen-bond donors (Lipinski definition) is 0. The van der Waals surface area contributed by atoms with Crippen LogP contribution in [-0.4, -0.2) is 14.1 Å². The van der Waals surface area contributed by atoms with Crippen molar-refractivity contribution in [3.05, 3.63) is 52.6 Å². The van der Waals surface area contributed by atoms with Gasteiger partial charge in [-0.3, -0.25) is 0 Å². The van der Waals surface area contributed by atoms with Gasteiger partial charge >= 0.3 is 0 Å². The van der Waals surface area contributed by atoms with E-state index in [1.807, 2.05) is 0 Å². The van der Waals surface area contributed by atoms with Crippen molar-refractivity contribution in [2.24, 2.45) is 0 Å². The van der Waals surface area contributed by atoms with Crippen LogP contribution in [0.2, 0.25) is 0 Å². The molecule has 0 radical (unpaired) electrons. The first-order chi connectivity index (χ1) is 8.91. The Morgan fingerprint density at radius 2 is 1.42 bits per heavy atom. The van der Waals surface area contributed by atoms with Crippen LogP contribution in [0.5, 0.6) is 0 Å². The summed E-state index contributed by atoms with van der Waals surface area (Å²) < 4.78 is 0. The van der Waals surface area contributed by atoms with E-state index in [0.29, 0.717) is 0 Å². The van der Waals surface area contributed by atoms with E-state index in [-0.39, 0.29) is 0 Å². The van der Waals surface area contributed by atoms with E-state index in [1.54, 1.807) is 0 Å². The average Bonchev–Trinajstić information content (AvgIpc) is 2.29. The van der Waals surface area contributed by atoms with Crippen molar-refractivity contribution in [1.82, 2.24) is 0 Å². The molecule has 0 atom stereocenters. The highest BCUT2D eigenvalue weighted by atomic mass is 15.1. The molecule has 0 unspecified atom stereocenters. The van der Waals surface area contributed by atoms with Gasteiger partial charge in [0.05, 0.1) is 0 Å². The van der Waals surface area contributed by atoms with E-state index in [1.165, 1.54) is 39.1 Å². The largest absolute Gasteiger partial charge is 0.377 e. The van der Waals surface area contributed by atoms with Crippen LogP contribution in [-0.2, 0) is 0 Å². The van der Waals surface area contributed by atoms with Crippen LogP contribution in [0.1, 0.15) is 22.3 Å². The molecule has 0 aliphatic carbocycles. The lowest BCUT2D eigenvalue weighted by Gasteiger charge is -2.20. The molecule has 0 heterocycles. The first-order valence-corrected chi connectivity index (χ1v) is 6.77. The molecule has 19 heavy (non-hydrogen) atoms. The third-order valence-electron chi connectivity index (χ3n) is 3.73. The van der Waals surface area contributed by atoms with Crippen LogP contribution in [0.25, 0.3) is 11.1 Å². The van der Waals surface area contributed by atoms with Crippen LogP contribution < -0.4 is 4.90 Å². The van der Waals surface area contributed by atoms with E-state index >= 15 is 0 Å². The van der Waals surface area contributed by atoms with E-state index in [2.05, 4.69) is 77.0 Å². The van der Waals surface area contributed by atoms with Crippen molar-refractivity contribution >= 4 is 5.69 Å². The Kier molecular flexibility index (Phi) is 3.66. The molecule has 2 aromatic carbocycles. The minimum Gasteiger partial charge on any atom is -0.377 e. The molecule has 100 valence electrons. The van der Waals surface area contributed by atoms with E-state index in [4.69, 9.17) is 0 Å². The van der Waals surface area contributed by atoms with Gasteiger partial charge in [0.25, 0.3) is 0 Å². The van der Waals surface area contributed by atoms with Gasteiger partial charge in [0.15, 0.2) is 0 Å². The maximum atomic E-state index is 2.27. The van der Waals surface area contributed by atoms with Gasteiger partial charge in [-0.25, -0.2) is 0 Å². The van der Waals surface area contributed by atoms with E-state index in [9.17, 15) is 0 Å². The highest BCUT2D eigenvalue weighted by Crippen LogP contribution is 2.34. The summed E-state index contributed by atoms with van der Waals surface area (Å²) in [6.45, 7) is 8.78. The first-order valence-electron chi connectivity index (χ1n) is 6.77. The third-order valence-corrected chi connectivity index (χ3v) is 3.73. The Morgan fingerprint density at radius 3 is 1.95 bits per heavy atom. The molecule has 0 fully saturated rings. The summed E-state index contributed by atoms with van der Waals surface area (Å²) in [6.07, 6.45) is 0. The zero-order valence-electron chi connectivity index (χ0n) is 12.8. The molecule has 0 aromatic heterocycles. The Bertz CT molecular complexity index is 586. The van der Waals surface area contributed by atoms with Crippen LogP contribution in [0, 0.1) is 27.7 Å². The molecule has 0 spiro atoms. The van der Waals surface area contributed by atoms with Crippen molar-refractivity contribution in [2.45, 2.75) is 27.7 Å². The van der Waals surface area contributed by atoms with Crippen LogP contribution in [0.4, 0.5) is 5.69 Å². The molecule has 0 N–H and O–H groups in total. The average molecular weight is 253 g/mol. The molecule has 1 heteroatoms. The lowest BCUT2D eigenvalue weighted by atomic mass is 9.90. The maximum Gasteiger partial charge on any atom is 0.0396 e. The monoisotopic (exact) mass is 253 g/mol. The standard InChI is InChI=1S/C18H23N/c1-12-10-13(2)18(14(3)11-12)16-8-7-9-17(15(16)4)19(5)6/h7-11H,1-6H3. The van der Waals surface area contributed by atoms with E-state index < -0.39 is 0 Å². The highest BCUT2D eigenvalue weighted by molar-refractivity contribution is 5.78. The van der Waals surface area contributed by atoms with Gasteiger partial charge < -0.3 is 4.90 Å². The molecule has 0 saturated heterocycles. The predicted octanol–water partition coefficient (Wildman–Crippen LogP) is 4.65. The quantitative estimate of drug-likeness (QED) is 0.753. The fourth-order valence-corrected chi connectivity index (χ4v) is 2.98. The topological polar surface area (TPSA) is 3.24 Å². The Hall–Kier alpha value is -1.76. The number of anilines is 1. The molecule has 0 saturated carbocycles. The zero-order chi connectivity index (χ0) is 14.2. The number of hydrogen-bond acceptors (Lipinski definition) is 1. The van der Waals surface area contributed by atoms with Crippen molar-refractivity contribution in [3.8, 4) is 11.1 Å². The number of rotatable bonds is 2. The second kappa shape index (κ2) is 5.08. The van der Waals surface area contributed by atoms with Gasteiger partial charge in [-0.15, -0.1) is 0 Å². The summed E-state index contributed by atoms with van der Waals surface area (Å²) in [6, 6.07) is 11.1. The third kappa shape index (κ3) is 2.51. The van der Waals surface area contributed by atoms with Gasteiger partial charge in [0, 0.05) is 19.8 Å². The van der Waals surface area contributed by atoms with Gasteiger partial charge in [-0.1, -0.05) is 29.8 Å². The van der Waals surface area contributed by atoms with Gasteiger partial charge in [-0.2, -0.15) is 0 Å². The molecule has 1 nitrogen and oxygen atoms in total. The molecule has 0 amide bonds. The molecular weight excluding hydrogens is 230 g/mol. The lowest BCUT2D eigenvalue weighted by molar-refractivity contribution is 1.11. The normalized spacial score (nSPS) is 10.6. The summed E-state index contributed by atoms with van der Waals surface area (Å²) in [7, 11) is 4.20. The van der Waals surface area contributed by atoms with Crippen molar-refractivity contribution in [3.63, 3.8) is 0 Å². The molecule has 0 aliphatic rings. The summed E-state index contributed by atoms with van der Waals surface area (Å²) in [5.74, 6) is 0. The Balaban J connectivity index is 2.70. The highest BCUT2D eigenvalue weighted by Gasteiger charge is 2.12. The number of benzene rings is 2. The smallest absolute Gasteiger partial charge is 0.0396 e. The van der Waals surface area contributed by atoms with Crippen molar-refractivity contribution in [1.29, 1.82) is 0 Å². The summed E-state index contributed by atoms with van der Waals surface area (Å²) in [4.78, 5) is 2.18. The first kappa shape index (κ1) is 13.7. The molecule has 0 bridgehead atoms. The zero-order valence-corrected chi connectivity index (χ0v) is 12.8. The Morgan fingerprint density at radius 1 is 0.842 bits per heavy atom. The molecule has 2 rings (SSSR count). The molecular formula is C18H23N. The van der Waals surface area contributed by atoms with Crippen molar-refractivity contribution < 1.29 is 0 Å². The SMILES string of the molecule is Cc1cc(C)c(-c2cccc(N(C)C)c2C)c(C)c1. The predicted molar refractivity (Wildman–Crippen MR) is 85.2 cm³/mol.